The van der Waals surface area contributed by atoms with Crippen molar-refractivity contribution in [3.05, 3.63) is 42.2 Å². The maximum atomic E-state index is 4.82. The number of anilines is 1. The molecule has 0 radical (unpaired) electrons. The van der Waals surface area contributed by atoms with E-state index in [4.69, 9.17) is 9.97 Å². The normalized spacial score (nSPS) is 15.4. The van der Waals surface area contributed by atoms with Crippen LogP contribution < -0.4 is 5.32 Å². The van der Waals surface area contributed by atoms with E-state index in [1.54, 1.807) is 0 Å². The van der Waals surface area contributed by atoms with Crippen LogP contribution in [0.15, 0.2) is 36.4 Å². The van der Waals surface area contributed by atoms with Crippen LogP contribution in [0.3, 0.4) is 0 Å². The monoisotopic (exact) mass is 267 g/mol. The fourth-order valence-electron chi connectivity index (χ4n) is 2.86. The van der Waals surface area contributed by atoms with Crippen LogP contribution in [0, 0.1) is 0 Å². The summed E-state index contributed by atoms with van der Waals surface area (Å²) in [5.74, 6) is 2.50. The molecule has 0 amide bonds. The third kappa shape index (κ3) is 2.82. The van der Waals surface area contributed by atoms with Gasteiger partial charge in [0.25, 0.3) is 0 Å². The van der Waals surface area contributed by atoms with E-state index < -0.39 is 0 Å². The number of hydrogen-bond acceptors (Lipinski definition) is 3. The molecule has 3 heteroatoms. The first-order chi connectivity index (χ1) is 9.86. The first kappa shape index (κ1) is 13.1. The maximum absolute atomic E-state index is 4.82. The Morgan fingerprint density at radius 3 is 2.55 bits per heavy atom. The van der Waals surface area contributed by atoms with Crippen molar-refractivity contribution in [3.63, 3.8) is 0 Å². The molecule has 3 rings (SSSR count). The lowest BCUT2D eigenvalue weighted by Crippen LogP contribution is -2.07. The Bertz CT molecular complexity index is 560. The van der Waals surface area contributed by atoms with Gasteiger partial charge in [-0.1, -0.05) is 43.2 Å². The van der Waals surface area contributed by atoms with E-state index in [2.05, 4.69) is 42.6 Å². The largest absolute Gasteiger partial charge is 0.370 e. The third-order valence-corrected chi connectivity index (χ3v) is 3.89. The maximum Gasteiger partial charge on any atom is 0.134 e. The molecule has 0 aliphatic heterocycles. The molecule has 1 N–H and O–H groups in total. The highest BCUT2D eigenvalue weighted by molar-refractivity contribution is 5.62. The van der Waals surface area contributed by atoms with E-state index in [1.165, 1.54) is 25.7 Å². The standard InChI is InChI=1S/C17H21N3/c1-2-18-16-12-15(13-8-4-3-5-9-13)19-17(20-16)14-10-6-7-11-14/h3-5,8-9,12,14H,2,6-7,10-11H2,1H3,(H,18,19,20). The number of rotatable bonds is 4. The van der Waals surface area contributed by atoms with Gasteiger partial charge in [-0.25, -0.2) is 9.97 Å². The molecule has 0 unspecified atom stereocenters. The van der Waals surface area contributed by atoms with Gasteiger partial charge in [0.2, 0.25) is 0 Å². The minimum Gasteiger partial charge on any atom is -0.370 e. The summed E-state index contributed by atoms with van der Waals surface area (Å²) in [5.41, 5.74) is 2.19. The molecular weight excluding hydrogens is 246 g/mol. The molecule has 1 saturated carbocycles. The first-order valence-corrected chi connectivity index (χ1v) is 7.55. The van der Waals surface area contributed by atoms with E-state index in [9.17, 15) is 0 Å². The van der Waals surface area contributed by atoms with Gasteiger partial charge < -0.3 is 5.32 Å². The quantitative estimate of drug-likeness (QED) is 0.900. The second-order valence-corrected chi connectivity index (χ2v) is 5.37. The highest BCUT2D eigenvalue weighted by atomic mass is 15.0. The number of aromatic nitrogens is 2. The van der Waals surface area contributed by atoms with Crippen molar-refractivity contribution in [1.82, 2.24) is 9.97 Å². The molecule has 1 aromatic heterocycles. The zero-order valence-electron chi connectivity index (χ0n) is 12.0. The molecule has 20 heavy (non-hydrogen) atoms. The van der Waals surface area contributed by atoms with Crippen LogP contribution in [0.25, 0.3) is 11.3 Å². The second-order valence-electron chi connectivity index (χ2n) is 5.37. The van der Waals surface area contributed by atoms with Crippen LogP contribution in [-0.2, 0) is 0 Å². The molecule has 1 aliphatic rings. The van der Waals surface area contributed by atoms with Gasteiger partial charge in [0.15, 0.2) is 0 Å². The lowest BCUT2D eigenvalue weighted by Gasteiger charge is -2.12. The Hall–Kier alpha value is -1.90. The Labute approximate surface area is 120 Å². The molecule has 2 aromatic rings. The van der Waals surface area contributed by atoms with Crippen molar-refractivity contribution >= 4 is 5.82 Å². The molecule has 104 valence electrons. The fourth-order valence-corrected chi connectivity index (χ4v) is 2.86. The number of nitrogens with zero attached hydrogens (tertiary/aromatic N) is 2. The summed E-state index contributed by atoms with van der Waals surface area (Å²) in [7, 11) is 0. The Kier molecular flexibility index (Phi) is 3.95. The summed E-state index contributed by atoms with van der Waals surface area (Å²) in [6, 6.07) is 12.4. The Morgan fingerprint density at radius 1 is 1.10 bits per heavy atom. The highest BCUT2D eigenvalue weighted by Gasteiger charge is 2.21. The molecule has 0 atom stereocenters. The van der Waals surface area contributed by atoms with Gasteiger partial charge >= 0.3 is 0 Å². The molecule has 1 fully saturated rings. The Balaban J connectivity index is 2.00. The van der Waals surface area contributed by atoms with Crippen molar-refractivity contribution in [3.8, 4) is 11.3 Å². The van der Waals surface area contributed by atoms with Gasteiger partial charge in [-0.3, -0.25) is 0 Å². The average Bonchev–Trinajstić information content (AvgIpc) is 3.02. The topological polar surface area (TPSA) is 37.8 Å². The lowest BCUT2D eigenvalue weighted by atomic mass is 10.1. The van der Waals surface area contributed by atoms with E-state index in [0.29, 0.717) is 5.92 Å². The fraction of sp³-hybridized carbons (Fsp3) is 0.412. The molecule has 0 bridgehead atoms. The summed E-state index contributed by atoms with van der Waals surface area (Å²) < 4.78 is 0. The minimum atomic E-state index is 0.538. The van der Waals surface area contributed by atoms with Crippen molar-refractivity contribution in [2.24, 2.45) is 0 Å². The number of hydrogen-bond donors (Lipinski definition) is 1. The predicted octanol–water partition coefficient (Wildman–Crippen LogP) is 4.23. The number of nitrogens with one attached hydrogen (secondary N) is 1. The van der Waals surface area contributed by atoms with Crippen molar-refractivity contribution in [1.29, 1.82) is 0 Å². The van der Waals surface area contributed by atoms with Gasteiger partial charge in [0.05, 0.1) is 5.69 Å². The van der Waals surface area contributed by atoms with Crippen molar-refractivity contribution in [2.45, 2.75) is 38.5 Å². The summed E-state index contributed by atoms with van der Waals surface area (Å²) in [6.45, 7) is 2.98. The van der Waals surface area contributed by atoms with Crippen molar-refractivity contribution < 1.29 is 0 Å². The van der Waals surface area contributed by atoms with E-state index in [1.807, 2.05) is 6.07 Å². The molecule has 1 aromatic carbocycles. The zero-order chi connectivity index (χ0) is 13.8. The van der Waals surface area contributed by atoms with E-state index in [0.717, 1.165) is 29.4 Å². The summed E-state index contributed by atoms with van der Waals surface area (Å²) in [4.78, 5) is 9.53. The van der Waals surface area contributed by atoms with Gasteiger partial charge in [-0.15, -0.1) is 0 Å². The average molecular weight is 267 g/mol. The van der Waals surface area contributed by atoms with Gasteiger partial charge in [0, 0.05) is 24.1 Å². The molecule has 0 spiro atoms. The SMILES string of the molecule is CCNc1cc(-c2ccccc2)nc(C2CCCC2)n1. The van der Waals surface area contributed by atoms with E-state index in [-0.39, 0.29) is 0 Å². The highest BCUT2D eigenvalue weighted by Crippen LogP contribution is 2.33. The first-order valence-electron chi connectivity index (χ1n) is 7.55. The molecule has 0 saturated heterocycles. The van der Waals surface area contributed by atoms with Crippen LogP contribution >= 0.6 is 0 Å². The van der Waals surface area contributed by atoms with E-state index >= 15 is 0 Å². The van der Waals surface area contributed by atoms with Gasteiger partial charge in [0.1, 0.15) is 11.6 Å². The third-order valence-electron chi connectivity index (χ3n) is 3.89. The Morgan fingerprint density at radius 2 is 1.85 bits per heavy atom. The molecule has 3 nitrogen and oxygen atoms in total. The minimum absolute atomic E-state index is 0.538. The zero-order valence-corrected chi connectivity index (χ0v) is 12.0. The van der Waals surface area contributed by atoms with Crippen LogP contribution in [0.1, 0.15) is 44.3 Å². The van der Waals surface area contributed by atoms with Crippen LogP contribution in [0.2, 0.25) is 0 Å². The number of benzene rings is 1. The van der Waals surface area contributed by atoms with Gasteiger partial charge in [-0.2, -0.15) is 0 Å². The van der Waals surface area contributed by atoms with Crippen LogP contribution in [0.4, 0.5) is 5.82 Å². The van der Waals surface area contributed by atoms with Crippen LogP contribution in [-0.4, -0.2) is 16.5 Å². The predicted molar refractivity (Wildman–Crippen MR) is 82.8 cm³/mol. The van der Waals surface area contributed by atoms with Crippen LogP contribution in [0.5, 0.6) is 0 Å². The summed E-state index contributed by atoms with van der Waals surface area (Å²) >= 11 is 0. The summed E-state index contributed by atoms with van der Waals surface area (Å²) in [5, 5.41) is 3.33. The molecule has 1 heterocycles. The second kappa shape index (κ2) is 6.04. The van der Waals surface area contributed by atoms with Gasteiger partial charge in [-0.05, 0) is 19.8 Å². The molecular formula is C17H21N3. The summed E-state index contributed by atoms with van der Waals surface area (Å²) in [6.07, 6.45) is 5.06. The van der Waals surface area contributed by atoms with Crippen molar-refractivity contribution in [2.75, 3.05) is 11.9 Å². The lowest BCUT2D eigenvalue weighted by molar-refractivity contribution is 0.669. The smallest absolute Gasteiger partial charge is 0.134 e. The molecule has 1 aliphatic carbocycles.